The topological polar surface area (TPSA) is 50.8 Å². The van der Waals surface area contributed by atoms with E-state index in [2.05, 4.69) is 5.32 Å². The van der Waals surface area contributed by atoms with Crippen molar-refractivity contribution in [3.05, 3.63) is 34.6 Å². The van der Waals surface area contributed by atoms with Crippen molar-refractivity contribution in [2.24, 2.45) is 5.92 Å². The summed E-state index contributed by atoms with van der Waals surface area (Å²) in [7, 11) is 3.22. The van der Waals surface area contributed by atoms with E-state index in [4.69, 9.17) is 21.1 Å². The van der Waals surface area contributed by atoms with Crippen LogP contribution in [0.5, 0.6) is 0 Å². The normalized spacial score (nSPS) is 20.8. The Morgan fingerprint density at radius 1 is 1.54 bits per heavy atom. The summed E-state index contributed by atoms with van der Waals surface area (Å²) in [5.41, 5.74) is 0.730. The molecule has 1 amide bonds. The molecule has 1 N–H and O–H groups in total. The fourth-order valence-corrected chi connectivity index (χ4v) is 2.81. The average Bonchev–Trinajstić information content (AvgIpc) is 2.76. The molecular formula is C16H23Cl2FN2O3. The standard InChI is InChI=1S/C16H22ClFN2O3.ClH/c1-20(15(21)10-22-2)9-12-8-19-5-6-23-16(12)11-3-4-13(17)14(18)7-11;/h3-4,7,12,16,19H,5-6,8-10H2,1-2H3;1H/t12-,16-;/m0./s1. The molecule has 1 fully saturated rings. The summed E-state index contributed by atoms with van der Waals surface area (Å²) in [5, 5.41) is 3.37. The van der Waals surface area contributed by atoms with E-state index in [1.165, 1.54) is 19.2 Å². The molecule has 1 aliphatic rings. The van der Waals surface area contributed by atoms with Crippen LogP contribution in [0, 0.1) is 11.7 Å². The van der Waals surface area contributed by atoms with E-state index >= 15 is 0 Å². The van der Waals surface area contributed by atoms with Crippen molar-refractivity contribution in [2.75, 3.05) is 47.0 Å². The van der Waals surface area contributed by atoms with Gasteiger partial charge in [0.2, 0.25) is 5.91 Å². The number of rotatable bonds is 5. The van der Waals surface area contributed by atoms with Crippen LogP contribution in [0.25, 0.3) is 0 Å². The zero-order chi connectivity index (χ0) is 16.8. The molecule has 8 heteroatoms. The largest absolute Gasteiger partial charge is 0.375 e. The first-order valence-electron chi connectivity index (χ1n) is 7.53. The van der Waals surface area contributed by atoms with Crippen LogP contribution in [0.3, 0.4) is 0 Å². The number of methoxy groups -OCH3 is 1. The van der Waals surface area contributed by atoms with Crippen molar-refractivity contribution < 1.29 is 18.7 Å². The third-order valence-electron chi connectivity index (χ3n) is 3.89. The Morgan fingerprint density at radius 3 is 2.96 bits per heavy atom. The first-order valence-corrected chi connectivity index (χ1v) is 7.91. The molecule has 0 unspecified atom stereocenters. The molecule has 136 valence electrons. The Morgan fingerprint density at radius 2 is 2.29 bits per heavy atom. The maximum atomic E-state index is 13.8. The fourth-order valence-electron chi connectivity index (χ4n) is 2.69. The summed E-state index contributed by atoms with van der Waals surface area (Å²) in [4.78, 5) is 13.5. The van der Waals surface area contributed by atoms with Gasteiger partial charge in [-0.15, -0.1) is 12.4 Å². The molecule has 2 atom stereocenters. The van der Waals surface area contributed by atoms with Crippen molar-refractivity contribution in [2.45, 2.75) is 6.10 Å². The predicted octanol–water partition coefficient (Wildman–Crippen LogP) is 2.28. The van der Waals surface area contributed by atoms with E-state index in [0.29, 0.717) is 19.7 Å². The van der Waals surface area contributed by atoms with Gasteiger partial charge in [0.05, 0.1) is 17.7 Å². The van der Waals surface area contributed by atoms with Gasteiger partial charge in [0, 0.05) is 39.7 Å². The molecule has 1 heterocycles. The zero-order valence-corrected chi connectivity index (χ0v) is 15.3. The van der Waals surface area contributed by atoms with E-state index < -0.39 is 5.82 Å². The Balaban J connectivity index is 0.00000288. The molecule has 2 rings (SSSR count). The molecule has 0 radical (unpaired) electrons. The van der Waals surface area contributed by atoms with Crippen molar-refractivity contribution >= 4 is 29.9 Å². The third kappa shape index (κ3) is 5.57. The van der Waals surface area contributed by atoms with Crippen LogP contribution in [0.2, 0.25) is 5.02 Å². The van der Waals surface area contributed by atoms with Gasteiger partial charge in [0.1, 0.15) is 12.4 Å². The van der Waals surface area contributed by atoms with Crippen LogP contribution < -0.4 is 5.32 Å². The molecule has 0 bridgehead atoms. The quantitative estimate of drug-likeness (QED) is 0.851. The summed E-state index contributed by atoms with van der Waals surface area (Å²) in [6.07, 6.45) is -0.297. The average molecular weight is 381 g/mol. The molecular weight excluding hydrogens is 358 g/mol. The minimum atomic E-state index is -0.465. The molecule has 0 aliphatic carbocycles. The van der Waals surface area contributed by atoms with Gasteiger partial charge < -0.3 is 19.7 Å². The Kier molecular flexibility index (Phi) is 8.94. The van der Waals surface area contributed by atoms with Gasteiger partial charge >= 0.3 is 0 Å². The maximum absolute atomic E-state index is 13.8. The van der Waals surface area contributed by atoms with Gasteiger partial charge in [0.25, 0.3) is 0 Å². The number of carbonyl (C=O) groups excluding carboxylic acids is 1. The van der Waals surface area contributed by atoms with E-state index in [1.807, 2.05) is 0 Å². The summed E-state index contributed by atoms with van der Waals surface area (Å²) in [6.45, 7) is 2.46. The summed E-state index contributed by atoms with van der Waals surface area (Å²) in [5.74, 6) is -0.561. The lowest BCUT2D eigenvalue weighted by molar-refractivity contribution is -0.135. The molecule has 5 nitrogen and oxygen atoms in total. The molecule has 0 saturated carbocycles. The number of likely N-dealkylation sites (N-methyl/N-ethyl adjacent to an activating group) is 1. The van der Waals surface area contributed by atoms with Crippen LogP contribution in [-0.2, 0) is 14.3 Å². The number of hydrogen-bond donors (Lipinski definition) is 1. The van der Waals surface area contributed by atoms with Gasteiger partial charge in [-0.2, -0.15) is 0 Å². The fraction of sp³-hybridized carbons (Fsp3) is 0.562. The van der Waals surface area contributed by atoms with Crippen molar-refractivity contribution in [3.63, 3.8) is 0 Å². The van der Waals surface area contributed by atoms with E-state index in [9.17, 15) is 9.18 Å². The number of hydrogen-bond acceptors (Lipinski definition) is 4. The third-order valence-corrected chi connectivity index (χ3v) is 4.19. The minimum Gasteiger partial charge on any atom is -0.375 e. The number of ether oxygens (including phenoxy) is 2. The van der Waals surface area contributed by atoms with Crippen LogP contribution in [-0.4, -0.2) is 57.8 Å². The molecule has 1 saturated heterocycles. The zero-order valence-electron chi connectivity index (χ0n) is 13.8. The lowest BCUT2D eigenvalue weighted by atomic mass is 9.94. The van der Waals surface area contributed by atoms with E-state index in [1.54, 1.807) is 18.0 Å². The van der Waals surface area contributed by atoms with E-state index in [-0.39, 0.29) is 42.0 Å². The van der Waals surface area contributed by atoms with E-state index in [0.717, 1.165) is 12.1 Å². The number of carbonyl (C=O) groups is 1. The van der Waals surface area contributed by atoms with Gasteiger partial charge in [-0.3, -0.25) is 4.79 Å². The molecule has 1 aromatic rings. The Bertz CT molecular complexity index is 548. The highest BCUT2D eigenvalue weighted by Crippen LogP contribution is 2.30. The Labute approximate surface area is 152 Å². The van der Waals surface area contributed by atoms with Gasteiger partial charge in [-0.25, -0.2) is 4.39 Å². The lowest BCUT2D eigenvalue weighted by Crippen LogP contribution is -2.39. The number of benzene rings is 1. The number of amides is 1. The Hall–Kier alpha value is -0.920. The van der Waals surface area contributed by atoms with Crippen LogP contribution in [0.4, 0.5) is 4.39 Å². The summed E-state index contributed by atoms with van der Waals surface area (Å²) >= 11 is 5.75. The highest BCUT2D eigenvalue weighted by molar-refractivity contribution is 6.30. The molecule has 1 aromatic carbocycles. The van der Waals surface area contributed by atoms with Gasteiger partial charge in [0.15, 0.2) is 0 Å². The molecule has 0 spiro atoms. The SMILES string of the molecule is COCC(=O)N(C)C[C@@H]1CNCCO[C@H]1c1ccc(Cl)c(F)c1.Cl. The predicted molar refractivity (Wildman–Crippen MR) is 93.2 cm³/mol. The molecule has 24 heavy (non-hydrogen) atoms. The summed E-state index contributed by atoms with van der Waals surface area (Å²) < 4.78 is 24.5. The van der Waals surface area contributed by atoms with Gasteiger partial charge in [-0.1, -0.05) is 17.7 Å². The van der Waals surface area contributed by atoms with Crippen molar-refractivity contribution in [1.29, 1.82) is 0 Å². The maximum Gasteiger partial charge on any atom is 0.248 e. The lowest BCUT2D eigenvalue weighted by Gasteiger charge is -2.29. The second kappa shape index (κ2) is 10.2. The number of nitrogens with one attached hydrogen (secondary N) is 1. The number of nitrogens with zero attached hydrogens (tertiary/aromatic N) is 1. The first-order chi connectivity index (χ1) is 11.0. The van der Waals surface area contributed by atoms with Crippen LogP contribution in [0.15, 0.2) is 18.2 Å². The van der Waals surface area contributed by atoms with Gasteiger partial charge in [-0.05, 0) is 17.7 Å². The molecule has 0 aromatic heterocycles. The minimum absolute atomic E-state index is 0. The number of halogens is 3. The second-order valence-corrected chi connectivity index (χ2v) is 6.04. The van der Waals surface area contributed by atoms with Crippen LogP contribution in [0.1, 0.15) is 11.7 Å². The smallest absolute Gasteiger partial charge is 0.248 e. The second-order valence-electron chi connectivity index (χ2n) is 5.64. The highest BCUT2D eigenvalue weighted by Gasteiger charge is 2.28. The van der Waals surface area contributed by atoms with Crippen molar-refractivity contribution in [3.8, 4) is 0 Å². The van der Waals surface area contributed by atoms with Crippen LogP contribution >= 0.6 is 24.0 Å². The molecule has 1 aliphatic heterocycles. The summed E-state index contributed by atoms with van der Waals surface area (Å²) in [6, 6.07) is 4.71. The first kappa shape index (κ1) is 21.1. The highest BCUT2D eigenvalue weighted by atomic mass is 35.5. The monoisotopic (exact) mass is 380 g/mol. The van der Waals surface area contributed by atoms with Crippen molar-refractivity contribution in [1.82, 2.24) is 10.2 Å².